The number of anilines is 1. The maximum atomic E-state index is 13.4. The molecule has 0 aliphatic heterocycles. The van der Waals surface area contributed by atoms with Gasteiger partial charge in [-0.15, -0.1) is 0 Å². The highest BCUT2D eigenvalue weighted by molar-refractivity contribution is 9.10. The molecule has 0 saturated carbocycles. The lowest BCUT2D eigenvalue weighted by atomic mass is 10.2. The summed E-state index contributed by atoms with van der Waals surface area (Å²) in [6, 6.07) is 16.4. The number of fused-ring (bicyclic) bond motifs is 1. The molecule has 0 saturated heterocycles. The summed E-state index contributed by atoms with van der Waals surface area (Å²) in [5.74, 6) is 0.184. The monoisotopic (exact) mass is 513 g/mol. The molecule has 0 fully saturated rings. The van der Waals surface area contributed by atoms with Crippen LogP contribution in [0.15, 0.2) is 70.2 Å². The standard InChI is InChI=1S/C23H17BrFN3O3S/c1-30-19-10-5-15(11-20(19)31-2)22(29)28(26-13-14-3-7-17(25)8-4-14)23-27-18-9-6-16(24)12-21(18)32-23/h3-13H,1-2H3/b26-13+. The number of halogens is 2. The van der Waals surface area contributed by atoms with Gasteiger partial charge in [0.15, 0.2) is 11.5 Å². The summed E-state index contributed by atoms with van der Waals surface area (Å²) in [5, 5.41) is 6.01. The van der Waals surface area contributed by atoms with Gasteiger partial charge in [-0.1, -0.05) is 39.4 Å². The van der Waals surface area contributed by atoms with E-state index in [-0.39, 0.29) is 5.82 Å². The van der Waals surface area contributed by atoms with Gasteiger partial charge in [0.05, 0.1) is 30.7 Å². The van der Waals surface area contributed by atoms with E-state index >= 15 is 0 Å². The normalized spacial score (nSPS) is 11.1. The Hall–Kier alpha value is -3.30. The Morgan fingerprint density at radius 1 is 1.06 bits per heavy atom. The molecular weight excluding hydrogens is 497 g/mol. The van der Waals surface area contributed by atoms with Gasteiger partial charge in [-0.2, -0.15) is 10.1 Å². The number of hydrogen-bond acceptors (Lipinski definition) is 6. The maximum absolute atomic E-state index is 13.4. The smallest absolute Gasteiger partial charge is 0.280 e. The first kappa shape index (κ1) is 21.9. The summed E-state index contributed by atoms with van der Waals surface area (Å²) in [6.07, 6.45) is 1.49. The van der Waals surface area contributed by atoms with E-state index in [0.29, 0.717) is 27.8 Å². The Morgan fingerprint density at radius 3 is 2.53 bits per heavy atom. The molecule has 1 heterocycles. The molecule has 0 spiro atoms. The van der Waals surface area contributed by atoms with Crippen molar-refractivity contribution in [3.8, 4) is 11.5 Å². The van der Waals surface area contributed by atoms with E-state index in [4.69, 9.17) is 9.47 Å². The van der Waals surface area contributed by atoms with Gasteiger partial charge in [0.1, 0.15) is 5.82 Å². The molecule has 6 nitrogen and oxygen atoms in total. The minimum absolute atomic E-state index is 0.347. The van der Waals surface area contributed by atoms with Crippen LogP contribution in [-0.4, -0.2) is 31.3 Å². The molecule has 9 heteroatoms. The van der Waals surface area contributed by atoms with Crippen LogP contribution in [0, 0.1) is 5.82 Å². The number of ether oxygens (including phenoxy) is 2. The Bertz CT molecular complexity index is 1310. The first-order chi connectivity index (χ1) is 15.5. The van der Waals surface area contributed by atoms with Crippen molar-refractivity contribution >= 4 is 54.7 Å². The number of aromatic nitrogens is 1. The molecule has 0 radical (unpaired) electrons. The van der Waals surface area contributed by atoms with Crippen LogP contribution in [0.3, 0.4) is 0 Å². The van der Waals surface area contributed by atoms with Crippen molar-refractivity contribution < 1.29 is 18.7 Å². The second kappa shape index (κ2) is 9.46. The van der Waals surface area contributed by atoms with Gasteiger partial charge in [0, 0.05) is 10.0 Å². The Kier molecular flexibility index (Phi) is 6.48. The van der Waals surface area contributed by atoms with Gasteiger partial charge < -0.3 is 9.47 Å². The van der Waals surface area contributed by atoms with Crippen LogP contribution in [0.1, 0.15) is 15.9 Å². The van der Waals surface area contributed by atoms with Gasteiger partial charge in [0.25, 0.3) is 5.91 Å². The third kappa shape index (κ3) is 4.63. The van der Waals surface area contributed by atoms with E-state index in [2.05, 4.69) is 26.0 Å². The summed E-state index contributed by atoms with van der Waals surface area (Å²) in [4.78, 5) is 18.0. The Labute approximate surface area is 196 Å². The van der Waals surface area contributed by atoms with Crippen molar-refractivity contribution in [3.63, 3.8) is 0 Å². The minimum Gasteiger partial charge on any atom is -0.493 e. The number of hydrogen-bond donors (Lipinski definition) is 0. The third-order valence-electron chi connectivity index (χ3n) is 4.54. The van der Waals surface area contributed by atoms with Crippen LogP contribution >= 0.6 is 27.3 Å². The van der Waals surface area contributed by atoms with E-state index in [0.717, 1.165) is 14.7 Å². The largest absolute Gasteiger partial charge is 0.493 e. The highest BCUT2D eigenvalue weighted by Gasteiger charge is 2.22. The number of rotatable bonds is 6. The first-order valence-corrected chi connectivity index (χ1v) is 11.0. The van der Waals surface area contributed by atoms with Crippen LogP contribution in [0.4, 0.5) is 9.52 Å². The van der Waals surface area contributed by atoms with Crippen molar-refractivity contribution in [3.05, 3.63) is 82.1 Å². The van der Waals surface area contributed by atoms with Crippen molar-refractivity contribution in [1.82, 2.24) is 4.98 Å². The van der Waals surface area contributed by atoms with E-state index in [1.807, 2.05) is 18.2 Å². The molecule has 0 N–H and O–H groups in total. The number of nitrogens with zero attached hydrogens (tertiary/aromatic N) is 3. The molecule has 0 bridgehead atoms. The number of carbonyl (C=O) groups is 1. The Balaban J connectivity index is 1.77. The second-order valence-corrected chi connectivity index (χ2v) is 8.52. The maximum Gasteiger partial charge on any atom is 0.280 e. The highest BCUT2D eigenvalue weighted by atomic mass is 79.9. The predicted octanol–water partition coefficient (Wildman–Crippen LogP) is 5.90. The molecule has 4 rings (SSSR count). The van der Waals surface area contributed by atoms with E-state index in [9.17, 15) is 9.18 Å². The fourth-order valence-electron chi connectivity index (χ4n) is 2.93. The van der Waals surface area contributed by atoms with Crippen LogP contribution in [0.5, 0.6) is 11.5 Å². The number of methoxy groups -OCH3 is 2. The van der Waals surface area contributed by atoms with Gasteiger partial charge in [-0.05, 0) is 54.1 Å². The highest BCUT2D eigenvalue weighted by Crippen LogP contribution is 2.33. The molecule has 32 heavy (non-hydrogen) atoms. The molecule has 162 valence electrons. The number of carbonyl (C=O) groups excluding carboxylic acids is 1. The molecule has 1 aromatic heterocycles. The number of amides is 1. The molecule has 1 amide bonds. The first-order valence-electron chi connectivity index (χ1n) is 9.40. The number of hydrazone groups is 1. The molecule has 3 aromatic carbocycles. The zero-order valence-corrected chi connectivity index (χ0v) is 19.5. The summed E-state index contributed by atoms with van der Waals surface area (Å²) in [7, 11) is 3.03. The topological polar surface area (TPSA) is 64.0 Å². The second-order valence-electron chi connectivity index (χ2n) is 6.59. The van der Waals surface area contributed by atoms with Crippen molar-refractivity contribution in [2.45, 2.75) is 0 Å². The van der Waals surface area contributed by atoms with Gasteiger partial charge in [0.2, 0.25) is 5.13 Å². The lowest BCUT2D eigenvalue weighted by Gasteiger charge is -2.15. The van der Waals surface area contributed by atoms with Crippen molar-refractivity contribution in [1.29, 1.82) is 0 Å². The summed E-state index contributed by atoms with van der Waals surface area (Å²) < 4.78 is 25.6. The zero-order chi connectivity index (χ0) is 22.7. The molecule has 0 aliphatic rings. The summed E-state index contributed by atoms with van der Waals surface area (Å²) in [6.45, 7) is 0. The SMILES string of the molecule is COc1ccc(C(=O)N(/N=C/c2ccc(F)cc2)c2nc3ccc(Br)cc3s2)cc1OC. The van der Waals surface area contributed by atoms with E-state index < -0.39 is 5.91 Å². The van der Waals surface area contributed by atoms with Gasteiger partial charge in [-0.25, -0.2) is 9.37 Å². The third-order valence-corrected chi connectivity index (χ3v) is 6.02. The zero-order valence-electron chi connectivity index (χ0n) is 17.1. The fraction of sp³-hybridized carbons (Fsp3) is 0.0870. The van der Waals surface area contributed by atoms with Crippen LogP contribution < -0.4 is 14.5 Å². The number of benzene rings is 3. The molecule has 4 aromatic rings. The van der Waals surface area contributed by atoms with E-state index in [1.54, 1.807) is 30.3 Å². The fourth-order valence-corrected chi connectivity index (χ4v) is 4.40. The molecule has 0 aliphatic carbocycles. The molecular formula is C23H17BrFN3O3S. The average molecular weight is 514 g/mol. The van der Waals surface area contributed by atoms with Crippen LogP contribution in [0.2, 0.25) is 0 Å². The summed E-state index contributed by atoms with van der Waals surface area (Å²) >= 11 is 4.79. The Morgan fingerprint density at radius 2 is 1.81 bits per heavy atom. The summed E-state index contributed by atoms with van der Waals surface area (Å²) in [5.41, 5.74) is 1.73. The number of thiazole rings is 1. The van der Waals surface area contributed by atoms with Crippen molar-refractivity contribution in [2.75, 3.05) is 19.2 Å². The lowest BCUT2D eigenvalue weighted by Crippen LogP contribution is -2.25. The predicted molar refractivity (Wildman–Crippen MR) is 128 cm³/mol. The van der Waals surface area contributed by atoms with E-state index in [1.165, 1.54) is 48.9 Å². The van der Waals surface area contributed by atoms with Crippen LogP contribution in [0.25, 0.3) is 10.2 Å². The minimum atomic E-state index is -0.401. The molecule has 0 unspecified atom stereocenters. The average Bonchev–Trinajstić information content (AvgIpc) is 3.22. The van der Waals surface area contributed by atoms with Gasteiger partial charge >= 0.3 is 0 Å². The lowest BCUT2D eigenvalue weighted by molar-refractivity contribution is 0.0987. The quantitative estimate of drug-likeness (QED) is 0.238. The van der Waals surface area contributed by atoms with Crippen LogP contribution in [-0.2, 0) is 0 Å². The molecule has 0 atom stereocenters. The van der Waals surface area contributed by atoms with Gasteiger partial charge in [-0.3, -0.25) is 4.79 Å². The van der Waals surface area contributed by atoms with Crippen molar-refractivity contribution in [2.24, 2.45) is 5.10 Å².